The molecule has 0 aromatic heterocycles. The van der Waals surface area contributed by atoms with Crippen LogP contribution in [0.25, 0.3) is 0 Å². The average molecular weight is 176 g/mol. The molecule has 0 unspecified atom stereocenters. The Kier molecular flexibility index (Phi) is 1.62. The smallest absolute Gasteiger partial charge is 0.320 e. The summed E-state index contributed by atoms with van der Waals surface area (Å²) in [5, 5.41) is 18.7. The number of carboxylic acids is 1. The van der Waals surface area contributed by atoms with Gasteiger partial charge in [0.2, 0.25) is 6.04 Å². The molecule has 0 aromatic carbocycles. The van der Waals surface area contributed by atoms with E-state index in [9.17, 15) is 14.9 Å². The fourth-order valence-corrected chi connectivity index (χ4v) is 0.896. The minimum Gasteiger partial charge on any atom is -0.480 e. The van der Waals surface area contributed by atoms with Gasteiger partial charge in [0.15, 0.2) is 0 Å². The van der Waals surface area contributed by atoms with Crippen LogP contribution in [0.15, 0.2) is 0 Å². The second kappa shape index (κ2) is 3.06. The molecule has 0 bridgehead atoms. The number of nitrogens with zero attached hydrogens (tertiary/aromatic N) is 1. The summed E-state index contributed by atoms with van der Waals surface area (Å²) in [5.41, 5.74) is 5.10. The third-order valence-electron chi connectivity index (χ3n) is 1.69. The lowest BCUT2D eigenvalue weighted by Crippen LogP contribution is -2.31. The number of aliphatic carboxylic acids is 1. The number of nitrogens with two attached hydrogens (primary N) is 1. The molecule has 0 amide bonds. The highest BCUT2D eigenvalue weighted by atomic mass is 16.6. The van der Waals surface area contributed by atoms with Gasteiger partial charge < -0.3 is 10.8 Å². The van der Waals surface area contributed by atoms with Crippen molar-refractivity contribution in [3.8, 4) is 0 Å². The maximum absolute atomic E-state index is 10.4. The number of hydrogen-bond donors (Lipinski definition) is 2. The molecule has 1 fully saturated rings. The standard InChI is InChI=1S/C6H10N2O4/c7-4(6(9)10)1-3-2-5(3)8(11)12/h3-5H,1-2,7H2,(H,9,10)/t3-,4+,5-/m1/s1/i1D2. The predicted octanol–water partition coefficient (Wildman–Crippen LogP) is -0.546. The summed E-state index contributed by atoms with van der Waals surface area (Å²) in [5.74, 6) is -2.37. The first-order valence-corrected chi connectivity index (χ1v) is 3.40. The molecule has 12 heavy (non-hydrogen) atoms. The first-order chi connectivity index (χ1) is 6.28. The summed E-state index contributed by atoms with van der Waals surface area (Å²) in [6.07, 6.45) is -2.16. The molecule has 3 atom stereocenters. The summed E-state index contributed by atoms with van der Waals surface area (Å²) in [4.78, 5) is 20.1. The molecule has 0 spiro atoms. The first-order valence-electron chi connectivity index (χ1n) is 4.40. The van der Waals surface area contributed by atoms with E-state index in [1.54, 1.807) is 0 Å². The van der Waals surface area contributed by atoms with Gasteiger partial charge in [0, 0.05) is 20.0 Å². The summed E-state index contributed by atoms with van der Waals surface area (Å²) < 4.78 is 14.7. The van der Waals surface area contributed by atoms with Crippen LogP contribution in [-0.2, 0) is 4.79 Å². The molecule has 0 heterocycles. The largest absolute Gasteiger partial charge is 0.480 e. The van der Waals surface area contributed by atoms with Crippen LogP contribution in [-0.4, -0.2) is 28.1 Å². The SMILES string of the molecule is [2H]C([2H])([C@H](N)C(=O)O)[C@@H]1C[C@H]1[N+](=O)[O-]. The second-order valence-corrected chi connectivity index (χ2v) is 2.68. The lowest BCUT2D eigenvalue weighted by atomic mass is 10.1. The zero-order valence-corrected chi connectivity index (χ0v) is 6.14. The Balaban J connectivity index is 2.68. The van der Waals surface area contributed by atoms with Gasteiger partial charge in [-0.25, -0.2) is 0 Å². The van der Waals surface area contributed by atoms with Gasteiger partial charge in [0.05, 0.1) is 0 Å². The van der Waals surface area contributed by atoms with Gasteiger partial charge in [0.25, 0.3) is 0 Å². The van der Waals surface area contributed by atoms with Crippen molar-refractivity contribution in [3.63, 3.8) is 0 Å². The number of carbonyl (C=O) groups is 1. The van der Waals surface area contributed by atoms with Crippen molar-refractivity contribution in [1.82, 2.24) is 0 Å². The zero-order valence-electron chi connectivity index (χ0n) is 8.14. The molecule has 6 nitrogen and oxygen atoms in total. The van der Waals surface area contributed by atoms with Crippen molar-refractivity contribution in [2.45, 2.75) is 24.9 Å². The monoisotopic (exact) mass is 176 g/mol. The normalized spacial score (nSPS) is 33.1. The van der Waals surface area contributed by atoms with Crippen LogP contribution in [0, 0.1) is 16.0 Å². The highest BCUT2D eigenvalue weighted by Crippen LogP contribution is 2.36. The molecule has 0 aliphatic heterocycles. The van der Waals surface area contributed by atoms with E-state index in [1.807, 2.05) is 0 Å². The molecule has 1 aliphatic rings. The number of carboxylic acid groups (broad SMARTS) is 1. The highest BCUT2D eigenvalue weighted by Gasteiger charge is 2.49. The minimum atomic E-state index is -2.22. The molecule has 0 radical (unpaired) electrons. The average Bonchev–Trinajstić information content (AvgIpc) is 2.81. The Morgan fingerprint density at radius 1 is 2.00 bits per heavy atom. The fraction of sp³-hybridized carbons (Fsp3) is 0.833. The number of nitro groups is 1. The molecule has 6 heteroatoms. The van der Waals surface area contributed by atoms with E-state index in [1.165, 1.54) is 0 Å². The Morgan fingerprint density at radius 2 is 2.58 bits per heavy atom. The van der Waals surface area contributed by atoms with Crippen LogP contribution in [0.2, 0.25) is 0 Å². The van der Waals surface area contributed by atoms with Crippen LogP contribution < -0.4 is 5.73 Å². The second-order valence-electron chi connectivity index (χ2n) is 2.68. The van der Waals surface area contributed by atoms with E-state index in [0.29, 0.717) is 0 Å². The highest BCUT2D eigenvalue weighted by molar-refractivity contribution is 5.73. The molecule has 68 valence electrons. The number of hydrogen-bond acceptors (Lipinski definition) is 4. The van der Waals surface area contributed by atoms with E-state index >= 15 is 0 Å². The van der Waals surface area contributed by atoms with Crippen molar-refractivity contribution in [2.24, 2.45) is 11.7 Å². The van der Waals surface area contributed by atoms with Gasteiger partial charge in [-0.3, -0.25) is 14.9 Å². The quantitative estimate of drug-likeness (QED) is 0.441. The Morgan fingerprint density at radius 3 is 2.92 bits per heavy atom. The summed E-state index contributed by atoms with van der Waals surface area (Å²) in [6.45, 7) is 0. The predicted molar refractivity (Wildman–Crippen MR) is 39.1 cm³/mol. The first kappa shape index (κ1) is 6.36. The Bertz CT molecular complexity index is 283. The molecule has 0 aromatic rings. The van der Waals surface area contributed by atoms with E-state index < -0.39 is 35.3 Å². The molecule has 3 N–H and O–H groups in total. The van der Waals surface area contributed by atoms with Crippen molar-refractivity contribution in [1.29, 1.82) is 0 Å². The summed E-state index contributed by atoms with van der Waals surface area (Å²) >= 11 is 0. The zero-order chi connectivity index (χ0) is 11.1. The Hall–Kier alpha value is -1.17. The Labute approximate surface area is 71.3 Å². The van der Waals surface area contributed by atoms with Gasteiger partial charge >= 0.3 is 5.97 Å². The van der Waals surface area contributed by atoms with Crippen LogP contribution >= 0.6 is 0 Å². The number of rotatable bonds is 4. The lowest BCUT2D eigenvalue weighted by molar-refractivity contribution is -0.498. The third kappa shape index (κ3) is 1.91. The molecular weight excluding hydrogens is 164 g/mol. The van der Waals surface area contributed by atoms with Crippen LogP contribution in [0.4, 0.5) is 0 Å². The van der Waals surface area contributed by atoms with Crippen molar-refractivity contribution in [3.05, 3.63) is 10.1 Å². The van der Waals surface area contributed by atoms with Gasteiger partial charge in [-0.05, 0) is 6.37 Å². The third-order valence-corrected chi connectivity index (χ3v) is 1.69. The van der Waals surface area contributed by atoms with Crippen molar-refractivity contribution in [2.75, 3.05) is 0 Å². The van der Waals surface area contributed by atoms with Crippen molar-refractivity contribution >= 4 is 5.97 Å². The summed E-state index contributed by atoms with van der Waals surface area (Å²) in [7, 11) is 0. The van der Waals surface area contributed by atoms with Gasteiger partial charge in [-0.15, -0.1) is 0 Å². The molecular formula is C6H10N2O4. The van der Waals surface area contributed by atoms with E-state index in [0.717, 1.165) is 0 Å². The van der Waals surface area contributed by atoms with E-state index in [-0.39, 0.29) is 6.42 Å². The van der Waals surface area contributed by atoms with Crippen LogP contribution in [0.5, 0.6) is 0 Å². The molecule has 1 saturated carbocycles. The van der Waals surface area contributed by atoms with Crippen LogP contribution in [0.1, 0.15) is 15.5 Å². The van der Waals surface area contributed by atoms with Gasteiger partial charge in [-0.1, -0.05) is 0 Å². The minimum absolute atomic E-state index is 0.0565. The molecule has 1 aliphatic carbocycles. The maximum atomic E-state index is 10.4. The molecule has 0 saturated heterocycles. The lowest BCUT2D eigenvalue weighted by Gasteiger charge is -2.02. The van der Waals surface area contributed by atoms with E-state index in [2.05, 4.69) is 0 Å². The van der Waals surface area contributed by atoms with Gasteiger partial charge in [-0.2, -0.15) is 0 Å². The van der Waals surface area contributed by atoms with E-state index in [4.69, 9.17) is 13.6 Å². The topological polar surface area (TPSA) is 106 Å². The van der Waals surface area contributed by atoms with Crippen LogP contribution in [0.3, 0.4) is 0 Å². The van der Waals surface area contributed by atoms with Gasteiger partial charge in [0.1, 0.15) is 6.04 Å². The maximum Gasteiger partial charge on any atom is 0.320 e. The fourth-order valence-electron chi connectivity index (χ4n) is 0.896. The summed E-state index contributed by atoms with van der Waals surface area (Å²) in [6, 6.07) is -2.70. The molecule has 1 rings (SSSR count). The van der Waals surface area contributed by atoms with Crippen molar-refractivity contribution < 1.29 is 17.6 Å².